The van der Waals surface area contributed by atoms with Crippen molar-refractivity contribution in [2.24, 2.45) is 5.92 Å². The summed E-state index contributed by atoms with van der Waals surface area (Å²) in [6, 6.07) is 10.9. The predicted molar refractivity (Wildman–Crippen MR) is 125 cm³/mol. The minimum Gasteiger partial charge on any atom is -0.382 e. The lowest BCUT2D eigenvalue weighted by Crippen LogP contribution is -2.41. The Labute approximate surface area is 193 Å². The second-order valence-electron chi connectivity index (χ2n) is 7.98. The van der Waals surface area contributed by atoms with Crippen LogP contribution in [-0.4, -0.2) is 59.5 Å². The van der Waals surface area contributed by atoms with Gasteiger partial charge in [-0.2, -0.15) is 4.31 Å². The van der Waals surface area contributed by atoms with Gasteiger partial charge in [-0.3, -0.25) is 15.1 Å². The van der Waals surface area contributed by atoms with Gasteiger partial charge in [0, 0.05) is 51.2 Å². The van der Waals surface area contributed by atoms with Gasteiger partial charge in [-0.25, -0.2) is 13.4 Å². The van der Waals surface area contributed by atoms with E-state index in [1.54, 1.807) is 12.3 Å². The molecule has 1 aliphatic heterocycles. The van der Waals surface area contributed by atoms with E-state index in [0.29, 0.717) is 51.6 Å². The monoisotopic (exact) mass is 471 g/mol. The number of para-hydroxylation sites is 2. The van der Waals surface area contributed by atoms with Crippen molar-refractivity contribution in [1.82, 2.24) is 18.8 Å². The average molecular weight is 472 g/mol. The van der Waals surface area contributed by atoms with Crippen LogP contribution in [0.2, 0.25) is 0 Å². The first kappa shape index (κ1) is 23.3. The molecule has 0 spiro atoms. The lowest BCUT2D eigenvalue weighted by molar-refractivity contribution is -0.121. The number of imidazole rings is 1. The third-order valence-corrected chi connectivity index (χ3v) is 7.74. The first-order chi connectivity index (χ1) is 16.0. The van der Waals surface area contributed by atoms with Gasteiger partial charge < -0.3 is 9.30 Å². The number of ether oxygens (including phenoxy) is 1. The summed E-state index contributed by atoms with van der Waals surface area (Å²) in [5.41, 5.74) is 1.78. The van der Waals surface area contributed by atoms with E-state index in [2.05, 4.69) is 15.3 Å². The number of carbonyl (C=O) groups is 1. The Morgan fingerprint density at radius 3 is 2.70 bits per heavy atom. The highest BCUT2D eigenvalue weighted by molar-refractivity contribution is 7.89. The minimum absolute atomic E-state index is 0.130. The molecule has 0 aliphatic carbocycles. The number of nitrogens with zero attached hydrogens (tertiary/aromatic N) is 4. The summed E-state index contributed by atoms with van der Waals surface area (Å²) >= 11 is 0. The smallest absolute Gasteiger partial charge is 0.244 e. The van der Waals surface area contributed by atoms with Gasteiger partial charge in [-0.05, 0) is 50.5 Å². The molecule has 1 aromatic carbocycles. The number of pyridine rings is 1. The number of aryl methyl sites for hydroxylation is 1. The summed E-state index contributed by atoms with van der Waals surface area (Å²) in [4.78, 5) is 21.7. The zero-order valence-electron chi connectivity index (χ0n) is 18.7. The summed E-state index contributed by atoms with van der Waals surface area (Å²) in [6.07, 6.45) is 4.61. The van der Waals surface area contributed by atoms with Crippen LogP contribution in [0.15, 0.2) is 53.7 Å². The normalized spacial score (nSPS) is 15.7. The van der Waals surface area contributed by atoms with E-state index < -0.39 is 10.0 Å². The van der Waals surface area contributed by atoms with Crippen molar-refractivity contribution in [1.29, 1.82) is 0 Å². The van der Waals surface area contributed by atoms with Crippen LogP contribution in [0.4, 0.5) is 5.95 Å². The van der Waals surface area contributed by atoms with Crippen LogP contribution in [0.25, 0.3) is 11.0 Å². The largest absolute Gasteiger partial charge is 0.382 e. The molecule has 1 fully saturated rings. The fourth-order valence-electron chi connectivity index (χ4n) is 4.09. The highest BCUT2D eigenvalue weighted by Crippen LogP contribution is 2.26. The molecule has 3 aromatic rings. The summed E-state index contributed by atoms with van der Waals surface area (Å²) in [5.74, 6) is 0.111. The SMILES string of the molecule is CCOCCCn1c(NC(=O)C2CCN(S(=O)(=O)c3cccnc3)CC2)nc2ccccc21. The number of piperidine rings is 1. The fourth-order valence-corrected chi connectivity index (χ4v) is 5.52. The van der Waals surface area contributed by atoms with Crippen molar-refractivity contribution in [2.75, 3.05) is 31.6 Å². The van der Waals surface area contributed by atoms with Gasteiger partial charge in [0.05, 0.1) is 11.0 Å². The number of nitrogens with one attached hydrogen (secondary N) is 1. The molecule has 1 saturated heterocycles. The van der Waals surface area contributed by atoms with Crippen molar-refractivity contribution in [3.05, 3.63) is 48.8 Å². The molecule has 0 radical (unpaired) electrons. The number of benzene rings is 1. The average Bonchev–Trinajstić information content (AvgIpc) is 3.19. The third kappa shape index (κ3) is 5.23. The molecule has 9 nitrogen and oxygen atoms in total. The molecule has 1 N–H and O–H groups in total. The summed E-state index contributed by atoms with van der Waals surface area (Å²) in [6.45, 7) is 4.54. The summed E-state index contributed by atoms with van der Waals surface area (Å²) in [7, 11) is -3.60. The second-order valence-corrected chi connectivity index (χ2v) is 9.92. The molecule has 10 heteroatoms. The van der Waals surface area contributed by atoms with Gasteiger partial charge in [0.25, 0.3) is 0 Å². The Hall–Kier alpha value is -2.82. The van der Waals surface area contributed by atoms with E-state index in [9.17, 15) is 13.2 Å². The molecule has 0 unspecified atom stereocenters. The first-order valence-electron chi connectivity index (χ1n) is 11.2. The van der Waals surface area contributed by atoms with E-state index in [0.717, 1.165) is 17.5 Å². The Morgan fingerprint density at radius 2 is 1.97 bits per heavy atom. The molecular formula is C23H29N5O4S. The van der Waals surface area contributed by atoms with Gasteiger partial charge >= 0.3 is 0 Å². The number of carbonyl (C=O) groups excluding carboxylic acids is 1. The molecule has 0 atom stereocenters. The number of hydrogen-bond donors (Lipinski definition) is 1. The fraction of sp³-hybridized carbons (Fsp3) is 0.435. The van der Waals surface area contributed by atoms with Gasteiger partial charge in [0.15, 0.2) is 0 Å². The van der Waals surface area contributed by atoms with Crippen LogP contribution < -0.4 is 5.32 Å². The van der Waals surface area contributed by atoms with Crippen LogP contribution in [0.5, 0.6) is 0 Å². The Bertz CT molecular complexity index is 1190. The molecule has 4 rings (SSSR count). The second kappa shape index (κ2) is 10.4. The molecule has 2 aromatic heterocycles. The van der Waals surface area contributed by atoms with E-state index >= 15 is 0 Å². The maximum absolute atomic E-state index is 13.0. The van der Waals surface area contributed by atoms with Gasteiger partial charge in [-0.15, -0.1) is 0 Å². The zero-order chi connectivity index (χ0) is 23.3. The first-order valence-corrected chi connectivity index (χ1v) is 12.7. The quantitative estimate of drug-likeness (QED) is 0.481. The van der Waals surface area contributed by atoms with Gasteiger partial charge in [0.2, 0.25) is 21.9 Å². The highest BCUT2D eigenvalue weighted by atomic mass is 32.2. The van der Waals surface area contributed by atoms with Crippen LogP contribution in [0, 0.1) is 5.92 Å². The molecule has 3 heterocycles. The summed E-state index contributed by atoms with van der Waals surface area (Å²) < 4.78 is 34.5. The number of anilines is 1. The number of aromatic nitrogens is 3. The number of sulfonamides is 1. The highest BCUT2D eigenvalue weighted by Gasteiger charge is 2.32. The molecule has 176 valence electrons. The van der Waals surface area contributed by atoms with E-state index in [1.165, 1.54) is 16.6 Å². The Morgan fingerprint density at radius 1 is 1.18 bits per heavy atom. The van der Waals surface area contributed by atoms with Crippen LogP contribution in [0.1, 0.15) is 26.2 Å². The number of hydrogen-bond acceptors (Lipinski definition) is 6. The molecule has 1 amide bonds. The van der Waals surface area contributed by atoms with Crippen molar-refractivity contribution < 1.29 is 17.9 Å². The molecule has 1 aliphatic rings. The number of fused-ring (bicyclic) bond motifs is 1. The maximum Gasteiger partial charge on any atom is 0.244 e. The lowest BCUT2D eigenvalue weighted by Gasteiger charge is -2.30. The maximum atomic E-state index is 13.0. The van der Waals surface area contributed by atoms with Crippen molar-refractivity contribution in [3.63, 3.8) is 0 Å². The molecular weight excluding hydrogens is 442 g/mol. The molecule has 33 heavy (non-hydrogen) atoms. The lowest BCUT2D eigenvalue weighted by atomic mass is 9.97. The van der Waals surface area contributed by atoms with E-state index in [1.807, 2.05) is 35.8 Å². The van der Waals surface area contributed by atoms with Crippen LogP contribution >= 0.6 is 0 Å². The van der Waals surface area contributed by atoms with Gasteiger partial charge in [0.1, 0.15) is 4.90 Å². The van der Waals surface area contributed by atoms with Crippen molar-refractivity contribution in [2.45, 2.75) is 37.6 Å². The van der Waals surface area contributed by atoms with E-state index in [-0.39, 0.29) is 16.7 Å². The number of rotatable bonds is 9. The van der Waals surface area contributed by atoms with E-state index in [4.69, 9.17) is 4.74 Å². The predicted octanol–water partition coefficient (Wildman–Crippen LogP) is 2.90. The van der Waals surface area contributed by atoms with Crippen LogP contribution in [-0.2, 0) is 26.1 Å². The zero-order valence-corrected chi connectivity index (χ0v) is 19.5. The molecule has 0 bridgehead atoms. The summed E-state index contributed by atoms with van der Waals surface area (Å²) in [5, 5.41) is 2.99. The van der Waals surface area contributed by atoms with Crippen molar-refractivity contribution >= 4 is 32.9 Å². The topological polar surface area (TPSA) is 106 Å². The Kier molecular flexibility index (Phi) is 7.36. The Balaban J connectivity index is 1.42. The van der Waals surface area contributed by atoms with Crippen molar-refractivity contribution in [3.8, 4) is 0 Å². The van der Waals surface area contributed by atoms with Crippen LogP contribution in [0.3, 0.4) is 0 Å². The van der Waals surface area contributed by atoms with Gasteiger partial charge in [-0.1, -0.05) is 12.1 Å². The standard InChI is InChI=1S/C23H29N5O4S/c1-2-32-16-6-13-28-21-9-4-3-8-20(21)25-23(28)26-22(29)18-10-14-27(15-11-18)33(30,31)19-7-5-12-24-17-19/h3-5,7-9,12,17-18H,2,6,10-11,13-16H2,1H3,(H,25,26,29). The minimum atomic E-state index is -3.60. The number of amides is 1. The molecule has 0 saturated carbocycles. The third-order valence-electron chi connectivity index (χ3n) is 5.86.